The molecule has 0 unspecified atom stereocenters. The Morgan fingerprint density at radius 1 is 1.35 bits per heavy atom. The van der Waals surface area contributed by atoms with E-state index in [-0.39, 0.29) is 5.56 Å². The van der Waals surface area contributed by atoms with Crippen LogP contribution in [0.2, 0.25) is 5.02 Å². The second-order valence-corrected chi connectivity index (χ2v) is 5.20. The Hall–Kier alpha value is -1.98. The molecule has 0 saturated heterocycles. The van der Waals surface area contributed by atoms with E-state index in [0.29, 0.717) is 27.2 Å². The van der Waals surface area contributed by atoms with Crippen LogP contribution < -0.4 is 5.56 Å². The number of pyridine rings is 1. The molecular weight excluding hydrogens is 294 g/mol. The zero-order valence-electron chi connectivity index (χ0n) is 10.3. The first kappa shape index (κ1) is 13.0. The van der Waals surface area contributed by atoms with E-state index in [0.717, 1.165) is 5.56 Å². The van der Waals surface area contributed by atoms with Crippen molar-refractivity contribution in [1.29, 1.82) is 0 Å². The highest BCUT2D eigenvalue weighted by atomic mass is 35.5. The van der Waals surface area contributed by atoms with Crippen LogP contribution in [0.3, 0.4) is 0 Å². The number of hydrogen-bond acceptors (Lipinski definition) is 3. The molecule has 2 heterocycles. The SMILES string of the molecule is O=c1c2cc(Cl)ccc2[nH]c(=S)n1Cc1cccnc1. The molecule has 20 heavy (non-hydrogen) atoms. The number of nitrogens with one attached hydrogen (secondary N) is 1. The van der Waals surface area contributed by atoms with E-state index >= 15 is 0 Å². The van der Waals surface area contributed by atoms with Gasteiger partial charge in [-0.2, -0.15) is 0 Å². The van der Waals surface area contributed by atoms with Crippen LogP contribution in [-0.4, -0.2) is 14.5 Å². The van der Waals surface area contributed by atoms with E-state index in [4.69, 9.17) is 23.8 Å². The van der Waals surface area contributed by atoms with Crippen molar-refractivity contribution in [2.24, 2.45) is 0 Å². The first-order valence-corrected chi connectivity index (χ1v) is 6.75. The molecule has 0 aliphatic rings. The van der Waals surface area contributed by atoms with Gasteiger partial charge in [0.15, 0.2) is 4.77 Å². The number of aromatic nitrogens is 3. The summed E-state index contributed by atoms with van der Waals surface area (Å²) < 4.78 is 1.89. The Balaban J connectivity index is 2.21. The van der Waals surface area contributed by atoms with E-state index in [1.54, 1.807) is 30.6 Å². The number of hydrogen-bond donors (Lipinski definition) is 1. The van der Waals surface area contributed by atoms with Crippen LogP contribution in [0.5, 0.6) is 0 Å². The van der Waals surface area contributed by atoms with Crippen molar-refractivity contribution in [3.05, 3.63) is 68.4 Å². The summed E-state index contributed by atoms with van der Waals surface area (Å²) in [6.45, 7) is 0.379. The minimum atomic E-state index is -0.157. The zero-order valence-corrected chi connectivity index (χ0v) is 11.9. The number of halogens is 1. The fraction of sp³-hybridized carbons (Fsp3) is 0.0714. The van der Waals surface area contributed by atoms with Crippen molar-refractivity contribution in [1.82, 2.24) is 14.5 Å². The molecule has 0 atom stereocenters. The van der Waals surface area contributed by atoms with E-state index in [1.807, 2.05) is 12.1 Å². The number of nitrogens with zero attached hydrogens (tertiary/aromatic N) is 2. The summed E-state index contributed by atoms with van der Waals surface area (Å²) in [5.41, 5.74) is 1.44. The van der Waals surface area contributed by atoms with Gasteiger partial charge in [-0.3, -0.25) is 14.3 Å². The Morgan fingerprint density at radius 3 is 2.95 bits per heavy atom. The zero-order chi connectivity index (χ0) is 14.1. The molecule has 100 valence electrons. The second kappa shape index (κ2) is 5.19. The molecule has 6 heteroatoms. The van der Waals surface area contributed by atoms with Gasteiger partial charge in [0.25, 0.3) is 5.56 Å². The lowest BCUT2D eigenvalue weighted by Crippen LogP contribution is -2.22. The molecule has 0 saturated carbocycles. The molecule has 1 N–H and O–H groups in total. The van der Waals surface area contributed by atoms with Crippen LogP contribution in [0.25, 0.3) is 10.9 Å². The summed E-state index contributed by atoms with van der Waals surface area (Å²) in [4.78, 5) is 19.6. The van der Waals surface area contributed by atoms with Crippen LogP contribution >= 0.6 is 23.8 Å². The van der Waals surface area contributed by atoms with Gasteiger partial charge >= 0.3 is 0 Å². The largest absolute Gasteiger partial charge is 0.332 e. The number of H-pyrrole nitrogens is 1. The summed E-state index contributed by atoms with van der Waals surface area (Å²) in [6, 6.07) is 8.84. The molecule has 0 spiro atoms. The third kappa shape index (κ3) is 2.37. The van der Waals surface area contributed by atoms with Crippen molar-refractivity contribution < 1.29 is 0 Å². The van der Waals surface area contributed by atoms with Gasteiger partial charge in [0.2, 0.25) is 0 Å². The molecule has 0 aliphatic heterocycles. The standard InChI is InChI=1S/C14H10ClN3OS/c15-10-3-4-12-11(6-10)13(19)18(14(20)17-12)8-9-2-1-5-16-7-9/h1-7H,8H2,(H,17,20). The number of benzene rings is 1. The molecule has 0 fully saturated rings. The fourth-order valence-corrected chi connectivity index (χ4v) is 2.47. The van der Waals surface area contributed by atoms with Crippen molar-refractivity contribution in [2.45, 2.75) is 6.54 Å². The predicted molar refractivity (Wildman–Crippen MR) is 81.7 cm³/mol. The van der Waals surface area contributed by atoms with Gasteiger partial charge in [0.05, 0.1) is 17.4 Å². The van der Waals surface area contributed by atoms with Gasteiger partial charge in [0.1, 0.15) is 0 Å². The molecule has 0 aliphatic carbocycles. The van der Waals surface area contributed by atoms with Crippen LogP contribution in [-0.2, 0) is 6.54 Å². The predicted octanol–water partition coefficient (Wildman–Crippen LogP) is 3.16. The van der Waals surface area contributed by atoms with Crippen molar-refractivity contribution in [3.63, 3.8) is 0 Å². The molecule has 0 amide bonds. The minimum absolute atomic E-state index is 0.157. The first-order valence-electron chi connectivity index (χ1n) is 5.96. The number of fused-ring (bicyclic) bond motifs is 1. The maximum atomic E-state index is 12.5. The summed E-state index contributed by atoms with van der Waals surface area (Å²) in [6.07, 6.45) is 3.40. The van der Waals surface area contributed by atoms with Crippen LogP contribution in [0.15, 0.2) is 47.5 Å². The quantitative estimate of drug-likeness (QED) is 0.740. The van der Waals surface area contributed by atoms with E-state index in [1.165, 1.54) is 4.57 Å². The van der Waals surface area contributed by atoms with Crippen LogP contribution in [0.1, 0.15) is 5.56 Å². The molecule has 2 aromatic heterocycles. The molecule has 0 radical (unpaired) electrons. The van der Waals surface area contributed by atoms with Gasteiger partial charge < -0.3 is 4.98 Å². The Kier molecular flexibility index (Phi) is 3.38. The van der Waals surface area contributed by atoms with E-state index in [9.17, 15) is 4.79 Å². The molecule has 3 rings (SSSR count). The molecular formula is C14H10ClN3OS. The van der Waals surface area contributed by atoms with Crippen molar-refractivity contribution >= 4 is 34.7 Å². The van der Waals surface area contributed by atoms with Gasteiger partial charge in [0, 0.05) is 17.4 Å². The maximum Gasteiger partial charge on any atom is 0.262 e. The van der Waals surface area contributed by atoms with Crippen LogP contribution in [0.4, 0.5) is 0 Å². The molecule has 3 aromatic rings. The summed E-state index contributed by atoms with van der Waals surface area (Å²) in [5, 5.41) is 1.04. The topological polar surface area (TPSA) is 50.7 Å². The number of rotatable bonds is 2. The summed E-state index contributed by atoms with van der Waals surface area (Å²) >= 11 is 11.2. The highest BCUT2D eigenvalue weighted by Crippen LogP contribution is 2.14. The summed E-state index contributed by atoms with van der Waals surface area (Å²) in [7, 11) is 0. The number of aromatic amines is 1. The smallest absolute Gasteiger partial charge is 0.262 e. The monoisotopic (exact) mass is 303 g/mol. The van der Waals surface area contributed by atoms with E-state index < -0.39 is 0 Å². The average Bonchev–Trinajstić information content (AvgIpc) is 2.46. The summed E-state index contributed by atoms with van der Waals surface area (Å²) in [5.74, 6) is 0. The first-order chi connectivity index (χ1) is 9.65. The highest BCUT2D eigenvalue weighted by Gasteiger charge is 2.07. The van der Waals surface area contributed by atoms with E-state index in [2.05, 4.69) is 9.97 Å². The normalized spacial score (nSPS) is 10.8. The highest BCUT2D eigenvalue weighted by molar-refractivity contribution is 7.71. The lowest BCUT2D eigenvalue weighted by molar-refractivity contribution is 0.732. The lowest BCUT2D eigenvalue weighted by Gasteiger charge is -2.08. The molecule has 1 aromatic carbocycles. The fourth-order valence-electron chi connectivity index (χ4n) is 2.04. The van der Waals surface area contributed by atoms with Gasteiger partial charge in [-0.1, -0.05) is 17.7 Å². The lowest BCUT2D eigenvalue weighted by atomic mass is 10.2. The second-order valence-electron chi connectivity index (χ2n) is 4.37. The molecule has 4 nitrogen and oxygen atoms in total. The van der Waals surface area contributed by atoms with Crippen LogP contribution in [0, 0.1) is 4.77 Å². The minimum Gasteiger partial charge on any atom is -0.332 e. The third-order valence-corrected chi connectivity index (χ3v) is 3.56. The molecule has 0 bridgehead atoms. The van der Waals surface area contributed by atoms with Crippen molar-refractivity contribution in [2.75, 3.05) is 0 Å². The van der Waals surface area contributed by atoms with Gasteiger partial charge in [-0.05, 0) is 42.0 Å². The Labute approximate surface area is 124 Å². The maximum absolute atomic E-state index is 12.5. The average molecular weight is 304 g/mol. The van der Waals surface area contributed by atoms with Gasteiger partial charge in [-0.25, -0.2) is 0 Å². The van der Waals surface area contributed by atoms with Crippen molar-refractivity contribution in [3.8, 4) is 0 Å². The third-order valence-electron chi connectivity index (χ3n) is 3.01. The Bertz CT molecular complexity index is 886. The van der Waals surface area contributed by atoms with Gasteiger partial charge in [-0.15, -0.1) is 0 Å². The Morgan fingerprint density at radius 2 is 2.20 bits per heavy atom.